The largest absolute Gasteiger partial charge is 0.379 e. The quantitative estimate of drug-likeness (QED) is 0.912. The highest BCUT2D eigenvalue weighted by atomic mass is 19.1. The molecule has 2 saturated heterocycles. The molecule has 7 heteroatoms. The molecule has 0 unspecified atom stereocenters. The Morgan fingerprint density at radius 2 is 2.16 bits per heavy atom. The molecule has 25 heavy (non-hydrogen) atoms. The van der Waals surface area contributed by atoms with Crippen molar-refractivity contribution in [2.75, 3.05) is 51.3 Å². The maximum absolute atomic E-state index is 13.4. The molecular weight excluding hydrogens is 323 g/mol. The van der Waals surface area contributed by atoms with Crippen LogP contribution >= 0.6 is 0 Å². The van der Waals surface area contributed by atoms with E-state index in [9.17, 15) is 9.18 Å². The highest BCUT2D eigenvalue weighted by Crippen LogP contribution is 2.20. The number of anilines is 1. The fraction of sp³-hybridized carbons (Fsp3) is 0.556. The SMILES string of the molecule is N#Cc1cc(NC(=O)N2CCC[C@H](CN3CCOCC3)C2)ccc1F. The molecule has 2 fully saturated rings. The molecule has 2 amide bonds. The van der Waals surface area contributed by atoms with Gasteiger partial charge < -0.3 is 15.0 Å². The van der Waals surface area contributed by atoms with E-state index in [4.69, 9.17) is 10.00 Å². The van der Waals surface area contributed by atoms with E-state index >= 15 is 0 Å². The van der Waals surface area contributed by atoms with Crippen molar-refractivity contribution in [2.24, 2.45) is 5.92 Å². The Kier molecular flexibility index (Phi) is 5.84. The first-order valence-corrected chi connectivity index (χ1v) is 8.71. The van der Waals surface area contributed by atoms with Gasteiger partial charge in [0.05, 0.1) is 18.8 Å². The summed E-state index contributed by atoms with van der Waals surface area (Å²) in [5, 5.41) is 11.7. The number of urea groups is 1. The predicted molar refractivity (Wildman–Crippen MR) is 91.7 cm³/mol. The third-order valence-corrected chi connectivity index (χ3v) is 4.76. The van der Waals surface area contributed by atoms with Gasteiger partial charge in [-0.25, -0.2) is 9.18 Å². The van der Waals surface area contributed by atoms with E-state index in [2.05, 4.69) is 10.2 Å². The van der Waals surface area contributed by atoms with Gasteiger partial charge in [0.15, 0.2) is 0 Å². The molecule has 1 aromatic rings. The minimum Gasteiger partial charge on any atom is -0.379 e. The number of nitriles is 1. The first-order valence-electron chi connectivity index (χ1n) is 8.71. The van der Waals surface area contributed by atoms with Crippen LogP contribution in [0.4, 0.5) is 14.9 Å². The molecule has 0 saturated carbocycles. The lowest BCUT2D eigenvalue weighted by atomic mass is 9.97. The van der Waals surface area contributed by atoms with Crippen LogP contribution in [0.3, 0.4) is 0 Å². The van der Waals surface area contributed by atoms with E-state index < -0.39 is 5.82 Å². The van der Waals surface area contributed by atoms with E-state index in [1.807, 2.05) is 4.90 Å². The third kappa shape index (κ3) is 4.68. The minimum atomic E-state index is -0.580. The van der Waals surface area contributed by atoms with Crippen molar-refractivity contribution in [3.63, 3.8) is 0 Å². The van der Waals surface area contributed by atoms with E-state index in [-0.39, 0.29) is 11.6 Å². The number of ether oxygens (including phenoxy) is 1. The second-order valence-electron chi connectivity index (χ2n) is 6.60. The average molecular weight is 346 g/mol. The fourth-order valence-electron chi connectivity index (χ4n) is 3.44. The van der Waals surface area contributed by atoms with Gasteiger partial charge in [0.25, 0.3) is 0 Å². The van der Waals surface area contributed by atoms with Crippen LogP contribution in [0.25, 0.3) is 0 Å². The normalized spacial score (nSPS) is 21.6. The van der Waals surface area contributed by atoms with Crippen LogP contribution in [-0.4, -0.2) is 61.8 Å². The Labute approximate surface area is 147 Å². The van der Waals surface area contributed by atoms with E-state index in [1.165, 1.54) is 18.2 Å². The number of carbonyl (C=O) groups excluding carboxylic acids is 1. The van der Waals surface area contributed by atoms with Crippen LogP contribution in [0.15, 0.2) is 18.2 Å². The number of benzene rings is 1. The second kappa shape index (κ2) is 8.28. The fourth-order valence-corrected chi connectivity index (χ4v) is 3.44. The molecule has 0 aliphatic carbocycles. The van der Waals surface area contributed by atoms with Crippen molar-refractivity contribution in [1.82, 2.24) is 9.80 Å². The van der Waals surface area contributed by atoms with Crippen LogP contribution in [0.2, 0.25) is 0 Å². The molecule has 0 radical (unpaired) electrons. The van der Waals surface area contributed by atoms with Gasteiger partial charge in [0.1, 0.15) is 11.9 Å². The first kappa shape index (κ1) is 17.6. The lowest BCUT2D eigenvalue weighted by molar-refractivity contribution is 0.0252. The van der Waals surface area contributed by atoms with Crippen molar-refractivity contribution < 1.29 is 13.9 Å². The van der Waals surface area contributed by atoms with Gasteiger partial charge in [-0.05, 0) is 37.0 Å². The van der Waals surface area contributed by atoms with Crippen molar-refractivity contribution in [3.8, 4) is 6.07 Å². The lowest BCUT2D eigenvalue weighted by Gasteiger charge is -2.36. The van der Waals surface area contributed by atoms with Crippen LogP contribution in [0.5, 0.6) is 0 Å². The molecule has 0 aromatic heterocycles. The van der Waals surface area contributed by atoms with Crippen LogP contribution < -0.4 is 5.32 Å². The summed E-state index contributed by atoms with van der Waals surface area (Å²) in [5.74, 6) is -0.121. The molecule has 2 aliphatic rings. The number of morpholine rings is 1. The number of carbonyl (C=O) groups is 1. The number of likely N-dealkylation sites (tertiary alicyclic amines) is 1. The van der Waals surface area contributed by atoms with Crippen molar-refractivity contribution in [3.05, 3.63) is 29.6 Å². The van der Waals surface area contributed by atoms with E-state index in [1.54, 1.807) is 6.07 Å². The molecule has 134 valence electrons. The molecule has 0 bridgehead atoms. The van der Waals surface area contributed by atoms with Gasteiger partial charge in [0.2, 0.25) is 0 Å². The minimum absolute atomic E-state index is 0.0679. The van der Waals surface area contributed by atoms with Gasteiger partial charge >= 0.3 is 6.03 Å². The maximum Gasteiger partial charge on any atom is 0.321 e. The van der Waals surface area contributed by atoms with Crippen molar-refractivity contribution in [2.45, 2.75) is 12.8 Å². The zero-order chi connectivity index (χ0) is 17.6. The van der Waals surface area contributed by atoms with Gasteiger partial charge in [-0.1, -0.05) is 0 Å². The molecule has 6 nitrogen and oxygen atoms in total. The summed E-state index contributed by atoms with van der Waals surface area (Å²) >= 11 is 0. The Bertz CT molecular complexity index is 655. The molecule has 3 rings (SSSR count). The maximum atomic E-state index is 13.4. The molecule has 2 heterocycles. The first-order chi connectivity index (χ1) is 12.2. The van der Waals surface area contributed by atoms with E-state index in [0.29, 0.717) is 11.6 Å². The summed E-state index contributed by atoms with van der Waals surface area (Å²) in [6.07, 6.45) is 2.10. The standard InChI is InChI=1S/C18H23FN4O2/c19-17-4-3-16(10-15(17)11-20)21-18(24)23-5-1-2-14(13-23)12-22-6-8-25-9-7-22/h3-4,10,14H,1-2,5-9,12-13H2,(H,21,24)/t14-/m1/s1. The zero-order valence-corrected chi connectivity index (χ0v) is 14.2. The van der Waals surface area contributed by atoms with Gasteiger partial charge in [-0.15, -0.1) is 0 Å². The number of nitrogens with one attached hydrogen (secondary N) is 1. The Hall–Kier alpha value is -2.17. The molecule has 1 atom stereocenters. The average Bonchev–Trinajstić information content (AvgIpc) is 2.64. The number of amides is 2. The smallest absolute Gasteiger partial charge is 0.321 e. The Morgan fingerprint density at radius 1 is 1.36 bits per heavy atom. The monoisotopic (exact) mass is 346 g/mol. The third-order valence-electron chi connectivity index (χ3n) is 4.76. The topological polar surface area (TPSA) is 68.6 Å². The van der Waals surface area contributed by atoms with Gasteiger partial charge in [0, 0.05) is 38.4 Å². The lowest BCUT2D eigenvalue weighted by Crippen LogP contribution is -2.47. The zero-order valence-electron chi connectivity index (χ0n) is 14.2. The summed E-state index contributed by atoms with van der Waals surface area (Å²) in [7, 11) is 0. The summed E-state index contributed by atoms with van der Waals surface area (Å²) in [6.45, 7) is 5.89. The Balaban J connectivity index is 1.55. The van der Waals surface area contributed by atoms with Crippen LogP contribution in [0, 0.1) is 23.1 Å². The number of nitrogens with zero attached hydrogens (tertiary/aromatic N) is 3. The second-order valence-corrected chi connectivity index (χ2v) is 6.60. The number of halogens is 1. The number of hydrogen-bond donors (Lipinski definition) is 1. The van der Waals surface area contributed by atoms with Crippen molar-refractivity contribution in [1.29, 1.82) is 5.26 Å². The summed E-state index contributed by atoms with van der Waals surface area (Å²) in [6, 6.07) is 5.63. The molecule has 2 aliphatic heterocycles. The highest BCUT2D eigenvalue weighted by Gasteiger charge is 2.26. The Morgan fingerprint density at radius 3 is 2.92 bits per heavy atom. The molecule has 1 aromatic carbocycles. The van der Waals surface area contributed by atoms with Crippen molar-refractivity contribution >= 4 is 11.7 Å². The predicted octanol–water partition coefficient (Wildman–Crippen LogP) is 2.27. The van der Waals surface area contributed by atoms with E-state index in [0.717, 1.165) is 58.8 Å². The molecule has 0 spiro atoms. The number of hydrogen-bond acceptors (Lipinski definition) is 4. The van der Waals surface area contributed by atoms with Crippen LogP contribution in [0.1, 0.15) is 18.4 Å². The number of piperidine rings is 1. The highest BCUT2D eigenvalue weighted by molar-refractivity contribution is 5.89. The molecular formula is C18H23FN4O2. The van der Waals surface area contributed by atoms with Gasteiger partial charge in [-0.2, -0.15) is 5.26 Å². The van der Waals surface area contributed by atoms with Crippen LogP contribution in [-0.2, 0) is 4.74 Å². The van der Waals surface area contributed by atoms with Gasteiger partial charge in [-0.3, -0.25) is 4.90 Å². The number of rotatable bonds is 3. The summed E-state index contributed by atoms with van der Waals surface area (Å²) in [5.41, 5.74) is 0.375. The molecule has 1 N–H and O–H groups in total. The summed E-state index contributed by atoms with van der Waals surface area (Å²) in [4.78, 5) is 16.7. The summed E-state index contributed by atoms with van der Waals surface area (Å²) < 4.78 is 18.8.